The third kappa shape index (κ3) is 4.28. The van der Waals surface area contributed by atoms with Crippen molar-refractivity contribution < 1.29 is 9.90 Å². The van der Waals surface area contributed by atoms with E-state index < -0.39 is 11.6 Å². The number of hydrogen-bond acceptors (Lipinski definition) is 3. The number of hydrogen-bond donors (Lipinski definition) is 3. The van der Waals surface area contributed by atoms with Gasteiger partial charge >= 0.3 is 0 Å². The fourth-order valence-electron chi connectivity index (χ4n) is 1.93. The van der Waals surface area contributed by atoms with Crippen molar-refractivity contribution in [3.8, 4) is 0 Å². The fourth-order valence-corrected chi connectivity index (χ4v) is 1.93. The molecule has 0 aromatic heterocycles. The van der Waals surface area contributed by atoms with Crippen LogP contribution in [0.5, 0.6) is 0 Å². The molecule has 1 fully saturated rings. The van der Waals surface area contributed by atoms with Crippen molar-refractivity contribution in [3.05, 3.63) is 0 Å². The van der Waals surface area contributed by atoms with Gasteiger partial charge in [-0.15, -0.1) is 12.4 Å². The second-order valence-electron chi connectivity index (χ2n) is 4.51. The molecule has 5 heteroatoms. The summed E-state index contributed by atoms with van der Waals surface area (Å²) in [6.07, 6.45) is 3.19. The largest absolute Gasteiger partial charge is 0.391 e. The molecule has 1 aliphatic rings. The Balaban J connectivity index is 0.00000225. The Bertz CT molecular complexity index is 218. The summed E-state index contributed by atoms with van der Waals surface area (Å²) >= 11 is 0. The van der Waals surface area contributed by atoms with Crippen molar-refractivity contribution in [2.45, 2.75) is 51.2 Å². The summed E-state index contributed by atoms with van der Waals surface area (Å²) in [5.41, 5.74) is -0.425. The number of aliphatic hydroxyl groups is 1. The molecule has 0 saturated carbocycles. The smallest absolute Gasteiger partial charge is 0.240 e. The molecule has 0 aliphatic carbocycles. The third-order valence-electron chi connectivity index (χ3n) is 2.99. The zero-order valence-corrected chi connectivity index (χ0v) is 10.9. The average molecular weight is 251 g/mol. The van der Waals surface area contributed by atoms with Gasteiger partial charge in [-0.2, -0.15) is 0 Å². The van der Waals surface area contributed by atoms with Crippen LogP contribution in [0.3, 0.4) is 0 Å². The van der Waals surface area contributed by atoms with Crippen LogP contribution in [0.15, 0.2) is 0 Å². The summed E-state index contributed by atoms with van der Waals surface area (Å²) < 4.78 is 0. The zero-order chi connectivity index (χ0) is 11.3. The molecule has 0 radical (unpaired) electrons. The predicted octanol–water partition coefficient (Wildman–Crippen LogP) is 0.827. The molecule has 3 N–H and O–H groups in total. The quantitative estimate of drug-likeness (QED) is 0.677. The van der Waals surface area contributed by atoms with Gasteiger partial charge in [0, 0.05) is 6.54 Å². The summed E-state index contributed by atoms with van der Waals surface area (Å²) in [7, 11) is 0. The Hall–Kier alpha value is -0.320. The Kier molecular flexibility index (Phi) is 6.95. The number of rotatable bonds is 5. The first-order chi connectivity index (χ1) is 7.08. The molecule has 16 heavy (non-hydrogen) atoms. The van der Waals surface area contributed by atoms with Gasteiger partial charge in [0.25, 0.3) is 0 Å². The number of aliphatic hydroxyl groups excluding tert-OH is 1. The Labute approximate surface area is 104 Å². The van der Waals surface area contributed by atoms with Gasteiger partial charge in [0.1, 0.15) is 0 Å². The lowest BCUT2D eigenvalue weighted by atomic mass is 9.99. The van der Waals surface area contributed by atoms with Gasteiger partial charge in [-0.3, -0.25) is 4.79 Å². The molecule has 0 spiro atoms. The zero-order valence-electron chi connectivity index (χ0n) is 10.1. The molecule has 2 unspecified atom stereocenters. The van der Waals surface area contributed by atoms with E-state index in [4.69, 9.17) is 0 Å². The number of carbonyl (C=O) groups excluding carboxylic acids is 1. The first-order valence-corrected chi connectivity index (χ1v) is 5.80. The van der Waals surface area contributed by atoms with Gasteiger partial charge in [-0.1, -0.05) is 13.3 Å². The van der Waals surface area contributed by atoms with E-state index in [1.54, 1.807) is 0 Å². The highest BCUT2D eigenvalue weighted by Crippen LogP contribution is 2.18. The maximum Gasteiger partial charge on any atom is 0.240 e. The molecule has 1 aliphatic heterocycles. The van der Waals surface area contributed by atoms with Crippen LogP contribution in [0.25, 0.3) is 0 Å². The van der Waals surface area contributed by atoms with E-state index in [0.29, 0.717) is 6.54 Å². The molecule has 96 valence electrons. The first-order valence-electron chi connectivity index (χ1n) is 5.80. The highest BCUT2D eigenvalue weighted by Gasteiger charge is 2.35. The first kappa shape index (κ1) is 15.7. The number of nitrogens with one attached hydrogen (secondary N) is 2. The van der Waals surface area contributed by atoms with Gasteiger partial charge in [-0.25, -0.2) is 0 Å². The fraction of sp³-hybridized carbons (Fsp3) is 0.909. The van der Waals surface area contributed by atoms with E-state index in [9.17, 15) is 9.90 Å². The van der Waals surface area contributed by atoms with Crippen LogP contribution in [0.2, 0.25) is 0 Å². The summed E-state index contributed by atoms with van der Waals surface area (Å²) in [5.74, 6) is 0.00940. The molecular formula is C11H23ClN2O2. The maximum atomic E-state index is 11.8. The lowest BCUT2D eigenvalue weighted by molar-refractivity contribution is -0.127. The number of carbonyl (C=O) groups is 1. The van der Waals surface area contributed by atoms with Crippen LogP contribution in [0.4, 0.5) is 0 Å². The minimum absolute atomic E-state index is 0. The van der Waals surface area contributed by atoms with Gasteiger partial charge in [0.05, 0.1) is 11.6 Å². The SMILES string of the molecule is CCCC(O)CNC(=O)C1(C)CCCN1.Cl. The van der Waals surface area contributed by atoms with E-state index in [2.05, 4.69) is 10.6 Å². The second-order valence-corrected chi connectivity index (χ2v) is 4.51. The summed E-state index contributed by atoms with van der Waals surface area (Å²) in [6.45, 7) is 5.21. The summed E-state index contributed by atoms with van der Waals surface area (Å²) in [6, 6.07) is 0. The molecule has 1 amide bonds. The molecule has 1 saturated heterocycles. The van der Waals surface area contributed by atoms with Crippen LogP contribution >= 0.6 is 12.4 Å². The normalized spacial score (nSPS) is 25.9. The van der Waals surface area contributed by atoms with Crippen LogP contribution < -0.4 is 10.6 Å². The van der Waals surface area contributed by atoms with E-state index in [-0.39, 0.29) is 18.3 Å². The molecule has 0 aromatic rings. The lowest BCUT2D eigenvalue weighted by Gasteiger charge is -2.23. The van der Waals surface area contributed by atoms with Crippen molar-refractivity contribution in [1.82, 2.24) is 10.6 Å². The summed E-state index contributed by atoms with van der Waals surface area (Å²) in [5, 5.41) is 15.5. The number of amides is 1. The van der Waals surface area contributed by atoms with Crippen LogP contribution in [0.1, 0.15) is 39.5 Å². The molecule has 0 aromatic carbocycles. The maximum absolute atomic E-state index is 11.8. The minimum atomic E-state index is -0.425. The molecule has 1 rings (SSSR count). The van der Waals surface area contributed by atoms with Crippen molar-refractivity contribution >= 4 is 18.3 Å². The van der Waals surface area contributed by atoms with Crippen molar-refractivity contribution in [3.63, 3.8) is 0 Å². The van der Waals surface area contributed by atoms with Crippen LogP contribution in [-0.2, 0) is 4.79 Å². The van der Waals surface area contributed by atoms with Gasteiger partial charge < -0.3 is 15.7 Å². The van der Waals surface area contributed by atoms with Gasteiger partial charge in [0.2, 0.25) is 5.91 Å². The van der Waals surface area contributed by atoms with E-state index in [0.717, 1.165) is 32.2 Å². The van der Waals surface area contributed by atoms with E-state index in [1.807, 2.05) is 13.8 Å². The van der Waals surface area contributed by atoms with Gasteiger partial charge in [0.15, 0.2) is 0 Å². The highest BCUT2D eigenvalue weighted by molar-refractivity contribution is 5.86. The molecule has 0 bridgehead atoms. The van der Waals surface area contributed by atoms with Crippen LogP contribution in [0, 0.1) is 0 Å². The third-order valence-corrected chi connectivity index (χ3v) is 2.99. The Morgan fingerprint density at radius 1 is 1.62 bits per heavy atom. The Morgan fingerprint density at radius 3 is 2.81 bits per heavy atom. The predicted molar refractivity (Wildman–Crippen MR) is 66.8 cm³/mol. The van der Waals surface area contributed by atoms with Crippen molar-refractivity contribution in [1.29, 1.82) is 0 Å². The monoisotopic (exact) mass is 250 g/mol. The van der Waals surface area contributed by atoms with E-state index >= 15 is 0 Å². The van der Waals surface area contributed by atoms with Crippen molar-refractivity contribution in [2.75, 3.05) is 13.1 Å². The molecule has 1 heterocycles. The van der Waals surface area contributed by atoms with Gasteiger partial charge in [-0.05, 0) is 32.7 Å². The highest BCUT2D eigenvalue weighted by atomic mass is 35.5. The van der Waals surface area contributed by atoms with Crippen molar-refractivity contribution in [2.24, 2.45) is 0 Å². The number of halogens is 1. The Morgan fingerprint density at radius 2 is 2.31 bits per heavy atom. The molecular weight excluding hydrogens is 228 g/mol. The summed E-state index contributed by atoms with van der Waals surface area (Å²) in [4.78, 5) is 11.8. The molecule has 4 nitrogen and oxygen atoms in total. The minimum Gasteiger partial charge on any atom is -0.391 e. The second kappa shape index (κ2) is 7.09. The standard InChI is InChI=1S/C11H22N2O2.ClH/c1-3-5-9(14)8-12-10(15)11(2)6-4-7-13-11;/h9,13-14H,3-8H2,1-2H3,(H,12,15);1H. The van der Waals surface area contributed by atoms with Crippen LogP contribution in [-0.4, -0.2) is 35.7 Å². The molecule has 2 atom stereocenters. The lowest BCUT2D eigenvalue weighted by Crippen LogP contribution is -2.52. The topological polar surface area (TPSA) is 61.4 Å². The van der Waals surface area contributed by atoms with E-state index in [1.165, 1.54) is 0 Å². The average Bonchev–Trinajstić information content (AvgIpc) is 2.63.